The summed E-state index contributed by atoms with van der Waals surface area (Å²) >= 11 is 0. The van der Waals surface area contributed by atoms with Gasteiger partial charge in [-0.3, -0.25) is 0 Å². The fraction of sp³-hybridized carbons (Fsp3) is 0.100. The van der Waals surface area contributed by atoms with Gasteiger partial charge in [0.1, 0.15) is 14.9 Å². The number of hydrogen-bond acceptors (Lipinski definition) is 1. The van der Waals surface area contributed by atoms with Gasteiger partial charge < -0.3 is 4.79 Å². The van der Waals surface area contributed by atoms with Crippen LogP contribution in [0.15, 0.2) is 42.5 Å². The van der Waals surface area contributed by atoms with Crippen LogP contribution in [0.5, 0.6) is 0 Å². The fourth-order valence-electron chi connectivity index (χ4n) is 0.932. The molecule has 1 rings (SSSR count). The highest BCUT2D eigenvalue weighted by molar-refractivity contribution is 6.86. The molecule has 0 aliphatic carbocycles. The van der Waals surface area contributed by atoms with E-state index in [1.165, 1.54) is 5.19 Å². The molecule has 62 valence electrons. The lowest BCUT2D eigenvalue weighted by Gasteiger charge is -1.97. The fourth-order valence-corrected chi connectivity index (χ4v) is 2.11. The Morgan fingerprint density at radius 2 is 1.92 bits per heavy atom. The Balaban J connectivity index is 2.65. The van der Waals surface area contributed by atoms with E-state index in [1.807, 2.05) is 30.3 Å². The molecule has 0 unspecified atom stereocenters. The van der Waals surface area contributed by atoms with Crippen LogP contribution >= 0.6 is 0 Å². The average Bonchev–Trinajstić information content (AvgIpc) is 2.06. The summed E-state index contributed by atoms with van der Waals surface area (Å²) in [5, 5.41) is 1.44. The van der Waals surface area contributed by atoms with Crippen molar-refractivity contribution in [2.75, 3.05) is 0 Å². The van der Waals surface area contributed by atoms with Gasteiger partial charge in [-0.2, -0.15) is 0 Å². The minimum atomic E-state index is -0.773. The number of hydrogen-bond donors (Lipinski definition) is 0. The number of allylic oxidation sites excluding steroid dienone is 1. The highest BCUT2D eigenvalue weighted by Gasteiger charge is 2.03. The zero-order chi connectivity index (χ0) is 8.97. The smallest absolute Gasteiger partial charge is 0.139 e. The summed E-state index contributed by atoms with van der Waals surface area (Å²) < 4.78 is 0. The third-order valence-corrected chi connectivity index (χ3v) is 3.49. The first-order valence-electron chi connectivity index (χ1n) is 3.93. The van der Waals surface area contributed by atoms with E-state index >= 15 is 0 Å². The van der Waals surface area contributed by atoms with Crippen molar-refractivity contribution in [3.63, 3.8) is 0 Å². The van der Waals surface area contributed by atoms with Gasteiger partial charge in [-0.15, -0.1) is 0 Å². The zero-order valence-corrected chi connectivity index (χ0v) is 8.62. The monoisotopic (exact) mass is 176 g/mol. The second-order valence-electron chi connectivity index (χ2n) is 2.87. The summed E-state index contributed by atoms with van der Waals surface area (Å²) in [6.45, 7) is 5.41. The van der Waals surface area contributed by atoms with Gasteiger partial charge in [0.2, 0.25) is 0 Å². The molecule has 0 amide bonds. The van der Waals surface area contributed by atoms with Gasteiger partial charge in [-0.05, 0) is 12.5 Å². The molecule has 0 atom stereocenters. The van der Waals surface area contributed by atoms with E-state index in [4.69, 9.17) is 0 Å². The van der Waals surface area contributed by atoms with E-state index < -0.39 is 9.52 Å². The molecule has 0 bridgehead atoms. The highest BCUT2D eigenvalue weighted by atomic mass is 28.2. The van der Waals surface area contributed by atoms with Gasteiger partial charge >= 0.3 is 0 Å². The first-order valence-corrected chi connectivity index (χ1v) is 5.34. The number of rotatable bonds is 3. The van der Waals surface area contributed by atoms with Gasteiger partial charge in [0.15, 0.2) is 0 Å². The van der Waals surface area contributed by atoms with Gasteiger partial charge in [0, 0.05) is 0 Å². The van der Waals surface area contributed by atoms with Gasteiger partial charge in [-0.25, -0.2) is 0 Å². The predicted octanol–water partition coefficient (Wildman–Crippen LogP) is 0.583. The Bertz CT molecular complexity index is 290. The van der Waals surface area contributed by atoms with Crippen LogP contribution in [0, 0.1) is 0 Å². The lowest BCUT2D eigenvalue weighted by Crippen LogP contribution is -2.23. The van der Waals surface area contributed by atoms with E-state index in [1.54, 1.807) is 6.92 Å². The Hall–Kier alpha value is -1.15. The Morgan fingerprint density at radius 1 is 1.33 bits per heavy atom. The molecule has 0 N–H and O–H groups in total. The molecular formula is C10H12OSi. The minimum absolute atomic E-state index is 0.251. The molecule has 1 aromatic carbocycles. The maximum absolute atomic E-state index is 11.3. The predicted molar refractivity (Wildman–Crippen MR) is 54.4 cm³/mol. The van der Waals surface area contributed by atoms with Gasteiger partial charge in [-0.1, -0.05) is 42.1 Å². The number of carbonyl (C=O) groups is 1. The quantitative estimate of drug-likeness (QED) is 0.486. The van der Waals surface area contributed by atoms with Crippen molar-refractivity contribution in [2.45, 2.75) is 6.92 Å². The summed E-state index contributed by atoms with van der Waals surface area (Å²) in [6, 6.07) is 9.91. The van der Waals surface area contributed by atoms with Crippen LogP contribution in [0.2, 0.25) is 0 Å². The van der Waals surface area contributed by atoms with Crippen molar-refractivity contribution in [3.05, 3.63) is 42.5 Å². The van der Waals surface area contributed by atoms with Crippen LogP contribution in [0.3, 0.4) is 0 Å². The largest absolute Gasteiger partial charge is 0.301 e. The van der Waals surface area contributed by atoms with Crippen LogP contribution < -0.4 is 5.19 Å². The van der Waals surface area contributed by atoms with Crippen LogP contribution in [0.1, 0.15) is 6.92 Å². The summed E-state index contributed by atoms with van der Waals surface area (Å²) in [6.07, 6.45) is 0. The third-order valence-electron chi connectivity index (χ3n) is 1.68. The van der Waals surface area contributed by atoms with Crippen LogP contribution in [0.25, 0.3) is 0 Å². The second kappa shape index (κ2) is 4.02. The molecule has 2 heteroatoms. The summed E-state index contributed by atoms with van der Waals surface area (Å²) in [5.41, 5.74) is 0.686. The standard InChI is InChI=1S/C10H12OSi/c1-8(2)10(11)12-9-6-4-3-5-7-9/h3-7H,1,12H2,2H3. The molecule has 0 aromatic heterocycles. The molecule has 0 saturated heterocycles. The summed E-state index contributed by atoms with van der Waals surface area (Å²) in [7, 11) is -0.773. The van der Waals surface area contributed by atoms with Crippen LogP contribution in [-0.4, -0.2) is 14.9 Å². The van der Waals surface area contributed by atoms with Gasteiger partial charge in [0.25, 0.3) is 0 Å². The molecule has 1 aromatic rings. The molecule has 0 aliphatic heterocycles. The van der Waals surface area contributed by atoms with Crippen molar-refractivity contribution in [1.82, 2.24) is 0 Å². The molecule has 0 aliphatic rings. The topological polar surface area (TPSA) is 17.1 Å². The summed E-state index contributed by atoms with van der Waals surface area (Å²) in [5.74, 6) is 0. The maximum Gasteiger partial charge on any atom is 0.139 e. The Kier molecular flexibility index (Phi) is 2.99. The second-order valence-corrected chi connectivity index (χ2v) is 4.68. The molecule has 0 radical (unpaired) electrons. The van der Waals surface area contributed by atoms with Crippen molar-refractivity contribution in [2.24, 2.45) is 0 Å². The SMILES string of the molecule is C=C(C)C(=O)[SiH2]c1ccccc1. The lowest BCUT2D eigenvalue weighted by molar-refractivity contribution is -0.108. The first kappa shape index (κ1) is 8.94. The average molecular weight is 176 g/mol. The zero-order valence-electron chi connectivity index (χ0n) is 7.21. The molecule has 12 heavy (non-hydrogen) atoms. The molecule has 0 saturated carbocycles. The van der Waals surface area contributed by atoms with Crippen molar-refractivity contribution >= 4 is 20.1 Å². The van der Waals surface area contributed by atoms with E-state index in [2.05, 4.69) is 6.58 Å². The molecular weight excluding hydrogens is 164 g/mol. The van der Waals surface area contributed by atoms with Crippen molar-refractivity contribution in [1.29, 1.82) is 0 Å². The van der Waals surface area contributed by atoms with E-state index in [0.29, 0.717) is 5.57 Å². The first-order chi connectivity index (χ1) is 5.70. The maximum atomic E-state index is 11.3. The molecule has 0 heterocycles. The van der Waals surface area contributed by atoms with Crippen molar-refractivity contribution in [3.8, 4) is 0 Å². The minimum Gasteiger partial charge on any atom is -0.301 e. The summed E-state index contributed by atoms with van der Waals surface area (Å²) in [4.78, 5) is 11.3. The third kappa shape index (κ3) is 2.47. The van der Waals surface area contributed by atoms with Gasteiger partial charge in [0.05, 0.1) is 0 Å². The van der Waals surface area contributed by atoms with Crippen LogP contribution in [-0.2, 0) is 4.79 Å². The Morgan fingerprint density at radius 3 is 2.42 bits per heavy atom. The number of carbonyl (C=O) groups excluding carboxylic acids is 1. The van der Waals surface area contributed by atoms with Crippen LogP contribution in [0.4, 0.5) is 0 Å². The Labute approximate surface area is 74.9 Å². The molecule has 1 nitrogen and oxygen atoms in total. The van der Waals surface area contributed by atoms with E-state index in [0.717, 1.165) is 0 Å². The molecule has 0 spiro atoms. The van der Waals surface area contributed by atoms with E-state index in [-0.39, 0.29) is 5.41 Å². The molecule has 0 fully saturated rings. The number of benzene rings is 1. The van der Waals surface area contributed by atoms with Crippen molar-refractivity contribution < 1.29 is 4.79 Å². The highest BCUT2D eigenvalue weighted by Crippen LogP contribution is 1.88. The lowest BCUT2D eigenvalue weighted by atomic mass is 10.4. The van der Waals surface area contributed by atoms with E-state index in [9.17, 15) is 4.79 Å². The normalized spacial score (nSPS) is 10.4.